The first kappa shape index (κ1) is 11.8. The summed E-state index contributed by atoms with van der Waals surface area (Å²) in [5.41, 5.74) is 6.76. The minimum atomic E-state index is 0.223. The summed E-state index contributed by atoms with van der Waals surface area (Å²) in [6, 6.07) is 7.84. The lowest BCUT2D eigenvalue weighted by atomic mass is 10.2. The van der Waals surface area contributed by atoms with Crippen LogP contribution in [0.3, 0.4) is 0 Å². The first-order valence-corrected chi connectivity index (χ1v) is 6.56. The standard InChI is InChI=1S/C14H15ClN2O/c15-9-1-4-12-13(7-9)17-6-5-14(12)18-11-3-2-10(16)8-11/h1,4-7,10-11H,2-3,8,16H2. The summed E-state index contributed by atoms with van der Waals surface area (Å²) in [7, 11) is 0. The molecule has 0 bridgehead atoms. The molecule has 4 heteroatoms. The van der Waals surface area contributed by atoms with Crippen molar-refractivity contribution in [3.8, 4) is 5.75 Å². The zero-order valence-corrected chi connectivity index (χ0v) is 10.7. The number of halogens is 1. The number of pyridine rings is 1. The van der Waals surface area contributed by atoms with Gasteiger partial charge in [0.15, 0.2) is 0 Å². The molecule has 0 saturated heterocycles. The molecular weight excluding hydrogens is 248 g/mol. The summed E-state index contributed by atoms with van der Waals surface area (Å²) in [4.78, 5) is 4.30. The van der Waals surface area contributed by atoms with Gasteiger partial charge in [0.1, 0.15) is 11.9 Å². The number of aromatic nitrogens is 1. The summed E-state index contributed by atoms with van der Waals surface area (Å²) in [5.74, 6) is 0.871. The lowest BCUT2D eigenvalue weighted by molar-refractivity contribution is 0.211. The highest BCUT2D eigenvalue weighted by Crippen LogP contribution is 2.30. The van der Waals surface area contributed by atoms with Crippen molar-refractivity contribution in [2.24, 2.45) is 5.73 Å². The van der Waals surface area contributed by atoms with Crippen LogP contribution in [0.4, 0.5) is 0 Å². The second-order valence-corrected chi connectivity index (χ2v) is 5.22. The first-order chi connectivity index (χ1) is 8.72. The predicted molar refractivity (Wildman–Crippen MR) is 73.0 cm³/mol. The largest absolute Gasteiger partial charge is 0.490 e. The molecule has 1 aliphatic rings. The first-order valence-electron chi connectivity index (χ1n) is 6.19. The van der Waals surface area contributed by atoms with Crippen molar-refractivity contribution >= 4 is 22.5 Å². The van der Waals surface area contributed by atoms with Gasteiger partial charge in [0.25, 0.3) is 0 Å². The number of benzene rings is 1. The topological polar surface area (TPSA) is 48.1 Å². The fourth-order valence-corrected chi connectivity index (χ4v) is 2.62. The van der Waals surface area contributed by atoms with Gasteiger partial charge in [-0.15, -0.1) is 0 Å². The molecule has 1 aromatic carbocycles. The van der Waals surface area contributed by atoms with Crippen molar-refractivity contribution in [3.05, 3.63) is 35.5 Å². The molecule has 2 unspecified atom stereocenters. The maximum Gasteiger partial charge on any atom is 0.130 e. The van der Waals surface area contributed by atoms with E-state index in [9.17, 15) is 0 Å². The molecule has 0 radical (unpaired) electrons. The van der Waals surface area contributed by atoms with E-state index in [1.165, 1.54) is 0 Å². The molecule has 0 amide bonds. The molecule has 1 aromatic heterocycles. The number of fused-ring (bicyclic) bond motifs is 1. The molecule has 1 fully saturated rings. The van der Waals surface area contributed by atoms with Crippen LogP contribution >= 0.6 is 11.6 Å². The third kappa shape index (κ3) is 2.28. The van der Waals surface area contributed by atoms with E-state index in [0.29, 0.717) is 5.02 Å². The minimum absolute atomic E-state index is 0.223. The second kappa shape index (κ2) is 4.75. The molecule has 0 aliphatic heterocycles. The Bertz CT molecular complexity index is 573. The van der Waals surface area contributed by atoms with Crippen molar-refractivity contribution < 1.29 is 4.74 Å². The number of hydrogen-bond donors (Lipinski definition) is 1. The van der Waals surface area contributed by atoms with Crippen LogP contribution in [0.15, 0.2) is 30.5 Å². The zero-order chi connectivity index (χ0) is 12.5. The lowest BCUT2D eigenvalue weighted by Crippen LogP contribution is -2.19. The van der Waals surface area contributed by atoms with Crippen molar-refractivity contribution in [2.45, 2.75) is 31.4 Å². The highest BCUT2D eigenvalue weighted by Gasteiger charge is 2.23. The van der Waals surface area contributed by atoms with Gasteiger partial charge in [0, 0.05) is 22.6 Å². The van der Waals surface area contributed by atoms with E-state index in [-0.39, 0.29) is 12.1 Å². The second-order valence-electron chi connectivity index (χ2n) is 4.78. The van der Waals surface area contributed by atoms with Gasteiger partial charge in [-0.05, 0) is 43.5 Å². The summed E-state index contributed by atoms with van der Waals surface area (Å²) in [5, 5.41) is 1.69. The highest BCUT2D eigenvalue weighted by molar-refractivity contribution is 6.31. The van der Waals surface area contributed by atoms with Gasteiger partial charge in [0.2, 0.25) is 0 Å². The van der Waals surface area contributed by atoms with Gasteiger partial charge in [-0.25, -0.2) is 0 Å². The van der Waals surface area contributed by atoms with Gasteiger partial charge in [-0.2, -0.15) is 0 Å². The van der Waals surface area contributed by atoms with E-state index in [4.69, 9.17) is 22.1 Å². The number of ether oxygens (including phenoxy) is 1. The molecule has 1 saturated carbocycles. The molecule has 0 spiro atoms. The quantitative estimate of drug-likeness (QED) is 0.904. The van der Waals surface area contributed by atoms with Crippen molar-refractivity contribution in [2.75, 3.05) is 0 Å². The summed E-state index contributed by atoms with van der Waals surface area (Å²) in [6.07, 6.45) is 4.97. The van der Waals surface area contributed by atoms with Gasteiger partial charge in [-0.3, -0.25) is 4.98 Å². The smallest absolute Gasteiger partial charge is 0.130 e. The SMILES string of the molecule is NC1CCC(Oc2ccnc3cc(Cl)ccc23)C1. The highest BCUT2D eigenvalue weighted by atomic mass is 35.5. The Balaban J connectivity index is 1.92. The fraction of sp³-hybridized carbons (Fsp3) is 0.357. The third-order valence-corrected chi connectivity index (χ3v) is 3.62. The molecule has 2 N–H and O–H groups in total. The number of hydrogen-bond acceptors (Lipinski definition) is 3. The van der Waals surface area contributed by atoms with E-state index in [2.05, 4.69) is 4.98 Å². The summed E-state index contributed by atoms with van der Waals surface area (Å²) < 4.78 is 6.04. The van der Waals surface area contributed by atoms with Crippen LogP contribution in [-0.4, -0.2) is 17.1 Å². The minimum Gasteiger partial charge on any atom is -0.490 e. The van der Waals surface area contributed by atoms with Gasteiger partial charge in [-0.1, -0.05) is 11.6 Å². The Morgan fingerprint density at radius 2 is 2.17 bits per heavy atom. The normalized spacial score (nSPS) is 23.4. The van der Waals surface area contributed by atoms with E-state index >= 15 is 0 Å². The van der Waals surface area contributed by atoms with Crippen LogP contribution < -0.4 is 10.5 Å². The molecule has 3 rings (SSSR count). The monoisotopic (exact) mass is 262 g/mol. The molecule has 2 aromatic rings. The van der Waals surface area contributed by atoms with E-state index < -0.39 is 0 Å². The zero-order valence-electron chi connectivity index (χ0n) is 9.97. The maximum absolute atomic E-state index is 6.04. The third-order valence-electron chi connectivity index (χ3n) is 3.38. The van der Waals surface area contributed by atoms with E-state index in [0.717, 1.165) is 35.9 Å². The summed E-state index contributed by atoms with van der Waals surface area (Å²) in [6.45, 7) is 0. The Labute approximate surface area is 111 Å². The summed E-state index contributed by atoms with van der Waals surface area (Å²) >= 11 is 5.96. The van der Waals surface area contributed by atoms with Crippen LogP contribution in [0.1, 0.15) is 19.3 Å². The van der Waals surface area contributed by atoms with Crippen molar-refractivity contribution in [3.63, 3.8) is 0 Å². The molecular formula is C14H15ClN2O. The Morgan fingerprint density at radius 3 is 2.94 bits per heavy atom. The average Bonchev–Trinajstić information content (AvgIpc) is 2.75. The van der Waals surface area contributed by atoms with Crippen LogP contribution in [0.2, 0.25) is 5.02 Å². The van der Waals surface area contributed by atoms with Gasteiger partial charge < -0.3 is 10.5 Å². The molecule has 2 atom stereocenters. The predicted octanol–water partition coefficient (Wildman–Crippen LogP) is 3.15. The number of rotatable bonds is 2. The van der Waals surface area contributed by atoms with Crippen LogP contribution in [-0.2, 0) is 0 Å². The molecule has 1 heterocycles. The fourth-order valence-electron chi connectivity index (χ4n) is 2.46. The Kier molecular flexibility index (Phi) is 3.10. The van der Waals surface area contributed by atoms with Crippen molar-refractivity contribution in [1.29, 1.82) is 0 Å². The lowest BCUT2D eigenvalue weighted by Gasteiger charge is -2.15. The number of nitrogens with zero attached hydrogens (tertiary/aromatic N) is 1. The maximum atomic E-state index is 6.04. The molecule has 1 aliphatic carbocycles. The average molecular weight is 263 g/mol. The molecule has 3 nitrogen and oxygen atoms in total. The Morgan fingerprint density at radius 1 is 1.28 bits per heavy atom. The van der Waals surface area contributed by atoms with Crippen molar-refractivity contribution in [1.82, 2.24) is 4.98 Å². The van der Waals surface area contributed by atoms with Gasteiger partial charge in [0.05, 0.1) is 5.52 Å². The van der Waals surface area contributed by atoms with Crippen LogP contribution in [0, 0.1) is 0 Å². The van der Waals surface area contributed by atoms with E-state index in [1.807, 2.05) is 24.3 Å². The molecule has 18 heavy (non-hydrogen) atoms. The van der Waals surface area contributed by atoms with E-state index in [1.54, 1.807) is 6.20 Å². The van der Waals surface area contributed by atoms with Crippen LogP contribution in [0.5, 0.6) is 5.75 Å². The number of nitrogens with two attached hydrogens (primary N) is 1. The van der Waals surface area contributed by atoms with Crippen LogP contribution in [0.25, 0.3) is 10.9 Å². The Hall–Kier alpha value is -1.32. The van der Waals surface area contributed by atoms with Gasteiger partial charge >= 0.3 is 0 Å². The molecule has 94 valence electrons.